The zero-order valence-electron chi connectivity index (χ0n) is 12.9. The molecular formula is C13H24N6O. The van der Waals surface area contributed by atoms with Crippen LogP contribution in [0.3, 0.4) is 0 Å². The Morgan fingerprint density at radius 2 is 1.85 bits per heavy atom. The van der Waals surface area contributed by atoms with E-state index < -0.39 is 0 Å². The lowest BCUT2D eigenvalue weighted by atomic mass is 10.1. The van der Waals surface area contributed by atoms with Gasteiger partial charge in [0, 0.05) is 32.2 Å². The Hall–Kier alpha value is -1.63. The van der Waals surface area contributed by atoms with E-state index in [0.717, 1.165) is 13.1 Å². The summed E-state index contributed by atoms with van der Waals surface area (Å²) < 4.78 is 5.42. The number of aromatic nitrogens is 3. The summed E-state index contributed by atoms with van der Waals surface area (Å²) in [5.41, 5.74) is 0. The second-order valence-corrected chi connectivity index (χ2v) is 5.19. The topological polar surface area (TPSA) is 66.4 Å². The fourth-order valence-corrected chi connectivity index (χ4v) is 2.36. The first kappa shape index (κ1) is 14.8. The Bertz CT molecular complexity index is 442. The highest BCUT2D eigenvalue weighted by Crippen LogP contribution is 2.20. The molecule has 112 valence electrons. The molecule has 0 aromatic carbocycles. The summed E-state index contributed by atoms with van der Waals surface area (Å²) in [6.45, 7) is 8.70. The number of nitrogens with one attached hydrogen (secondary N) is 1. The van der Waals surface area contributed by atoms with Gasteiger partial charge in [-0.3, -0.25) is 4.90 Å². The number of likely N-dealkylation sites (N-methyl/N-ethyl adjacent to an activating group) is 1. The molecule has 2 unspecified atom stereocenters. The molecule has 0 bridgehead atoms. The van der Waals surface area contributed by atoms with Crippen LogP contribution in [0.25, 0.3) is 0 Å². The Labute approximate surface area is 120 Å². The van der Waals surface area contributed by atoms with Gasteiger partial charge in [0.15, 0.2) is 0 Å². The van der Waals surface area contributed by atoms with E-state index in [9.17, 15) is 0 Å². The molecule has 1 aromatic rings. The molecule has 1 aliphatic heterocycles. The quantitative estimate of drug-likeness (QED) is 0.876. The van der Waals surface area contributed by atoms with Crippen LogP contribution in [0.5, 0.6) is 6.01 Å². The smallest absolute Gasteiger partial charge is 0.323 e. The molecule has 1 N–H and O–H groups in total. The molecule has 7 heteroatoms. The molecule has 0 radical (unpaired) electrons. The van der Waals surface area contributed by atoms with Crippen molar-refractivity contribution in [3.63, 3.8) is 0 Å². The van der Waals surface area contributed by atoms with Gasteiger partial charge in [0.25, 0.3) is 0 Å². The number of nitrogens with zero attached hydrogens (tertiary/aromatic N) is 5. The standard InChI is InChI=1S/C13H24N6O/c1-6-20-13-16-11(14-4)15-12(17-13)19-7-9(2)18(5)10(3)8-19/h9-10H,6-8H2,1-5H3,(H,14,15,16,17). The summed E-state index contributed by atoms with van der Waals surface area (Å²) in [7, 11) is 3.95. The van der Waals surface area contributed by atoms with Crippen molar-refractivity contribution in [1.82, 2.24) is 19.9 Å². The third-order valence-electron chi connectivity index (χ3n) is 3.74. The zero-order chi connectivity index (χ0) is 14.7. The molecule has 2 rings (SSSR count). The van der Waals surface area contributed by atoms with Gasteiger partial charge in [-0.15, -0.1) is 0 Å². The lowest BCUT2D eigenvalue weighted by molar-refractivity contribution is 0.169. The highest BCUT2D eigenvalue weighted by molar-refractivity contribution is 5.39. The zero-order valence-corrected chi connectivity index (χ0v) is 12.9. The van der Waals surface area contributed by atoms with E-state index in [-0.39, 0.29) is 0 Å². The fraction of sp³-hybridized carbons (Fsp3) is 0.769. The van der Waals surface area contributed by atoms with Gasteiger partial charge in [0.1, 0.15) is 0 Å². The molecule has 20 heavy (non-hydrogen) atoms. The van der Waals surface area contributed by atoms with Crippen LogP contribution in [0.4, 0.5) is 11.9 Å². The van der Waals surface area contributed by atoms with Crippen LogP contribution in [-0.4, -0.2) is 65.7 Å². The van der Waals surface area contributed by atoms with Crippen molar-refractivity contribution in [2.45, 2.75) is 32.9 Å². The molecule has 0 saturated carbocycles. The number of hydrogen-bond donors (Lipinski definition) is 1. The average Bonchev–Trinajstić information content (AvgIpc) is 2.44. The SMILES string of the molecule is CCOc1nc(NC)nc(N2CC(C)N(C)C(C)C2)n1. The maximum absolute atomic E-state index is 5.42. The highest BCUT2D eigenvalue weighted by atomic mass is 16.5. The molecule has 1 saturated heterocycles. The van der Waals surface area contributed by atoms with Gasteiger partial charge in [-0.25, -0.2) is 0 Å². The summed E-state index contributed by atoms with van der Waals surface area (Å²) >= 11 is 0. The van der Waals surface area contributed by atoms with Crippen molar-refractivity contribution in [3.05, 3.63) is 0 Å². The van der Waals surface area contributed by atoms with E-state index in [1.807, 2.05) is 6.92 Å². The Balaban J connectivity index is 2.25. The fourth-order valence-electron chi connectivity index (χ4n) is 2.36. The molecule has 2 atom stereocenters. The van der Waals surface area contributed by atoms with Gasteiger partial charge in [-0.05, 0) is 27.8 Å². The monoisotopic (exact) mass is 280 g/mol. The third kappa shape index (κ3) is 3.09. The van der Waals surface area contributed by atoms with Crippen LogP contribution in [0.15, 0.2) is 0 Å². The van der Waals surface area contributed by atoms with Gasteiger partial charge in [0.2, 0.25) is 11.9 Å². The summed E-state index contributed by atoms with van der Waals surface area (Å²) in [5, 5.41) is 2.96. The molecule has 1 aliphatic rings. The summed E-state index contributed by atoms with van der Waals surface area (Å²) in [6, 6.07) is 1.30. The van der Waals surface area contributed by atoms with Crippen molar-refractivity contribution in [1.29, 1.82) is 0 Å². The van der Waals surface area contributed by atoms with E-state index in [1.165, 1.54) is 0 Å². The van der Waals surface area contributed by atoms with Crippen LogP contribution >= 0.6 is 0 Å². The summed E-state index contributed by atoms with van der Waals surface area (Å²) in [5.74, 6) is 1.22. The maximum Gasteiger partial charge on any atom is 0.323 e. The van der Waals surface area contributed by atoms with E-state index in [0.29, 0.717) is 36.6 Å². The first-order valence-electron chi connectivity index (χ1n) is 7.08. The van der Waals surface area contributed by atoms with Crippen molar-refractivity contribution in [3.8, 4) is 6.01 Å². The molecular weight excluding hydrogens is 256 g/mol. The van der Waals surface area contributed by atoms with Gasteiger partial charge in [-0.1, -0.05) is 0 Å². The predicted molar refractivity (Wildman–Crippen MR) is 79.4 cm³/mol. The number of rotatable bonds is 4. The minimum atomic E-state index is 0.376. The Morgan fingerprint density at radius 3 is 2.40 bits per heavy atom. The number of piperazine rings is 1. The Kier molecular flexibility index (Phi) is 4.59. The summed E-state index contributed by atoms with van der Waals surface area (Å²) in [4.78, 5) is 17.6. The first-order valence-corrected chi connectivity index (χ1v) is 7.08. The van der Waals surface area contributed by atoms with Crippen LogP contribution in [-0.2, 0) is 0 Å². The number of hydrogen-bond acceptors (Lipinski definition) is 7. The van der Waals surface area contributed by atoms with Gasteiger partial charge in [0.05, 0.1) is 6.61 Å². The molecule has 0 aliphatic carbocycles. The molecule has 2 heterocycles. The number of anilines is 2. The van der Waals surface area contributed by atoms with Gasteiger partial charge >= 0.3 is 6.01 Å². The van der Waals surface area contributed by atoms with Crippen LogP contribution in [0.2, 0.25) is 0 Å². The van der Waals surface area contributed by atoms with E-state index >= 15 is 0 Å². The molecule has 1 fully saturated rings. The van der Waals surface area contributed by atoms with Gasteiger partial charge < -0.3 is 15.0 Å². The van der Waals surface area contributed by atoms with E-state index in [4.69, 9.17) is 4.74 Å². The first-order chi connectivity index (χ1) is 9.55. The van der Waals surface area contributed by atoms with Crippen LogP contribution in [0.1, 0.15) is 20.8 Å². The molecule has 0 spiro atoms. The molecule has 1 aromatic heterocycles. The lowest BCUT2D eigenvalue weighted by Crippen LogP contribution is -2.55. The van der Waals surface area contributed by atoms with Crippen molar-refractivity contribution in [2.24, 2.45) is 0 Å². The molecule has 7 nitrogen and oxygen atoms in total. The molecule has 0 amide bonds. The maximum atomic E-state index is 5.42. The third-order valence-corrected chi connectivity index (χ3v) is 3.74. The highest BCUT2D eigenvalue weighted by Gasteiger charge is 2.28. The average molecular weight is 280 g/mol. The van der Waals surface area contributed by atoms with Crippen LogP contribution < -0.4 is 15.0 Å². The number of ether oxygens (including phenoxy) is 1. The van der Waals surface area contributed by atoms with Gasteiger partial charge in [-0.2, -0.15) is 15.0 Å². The van der Waals surface area contributed by atoms with E-state index in [1.54, 1.807) is 7.05 Å². The Morgan fingerprint density at radius 1 is 1.20 bits per heavy atom. The lowest BCUT2D eigenvalue weighted by Gasteiger charge is -2.42. The second kappa shape index (κ2) is 6.21. The second-order valence-electron chi connectivity index (χ2n) is 5.19. The summed E-state index contributed by atoms with van der Waals surface area (Å²) in [6.07, 6.45) is 0. The normalized spacial score (nSPS) is 23.8. The minimum Gasteiger partial charge on any atom is -0.464 e. The van der Waals surface area contributed by atoms with E-state index in [2.05, 4.69) is 51.0 Å². The van der Waals surface area contributed by atoms with Crippen molar-refractivity contribution < 1.29 is 4.74 Å². The minimum absolute atomic E-state index is 0.376. The van der Waals surface area contributed by atoms with Crippen molar-refractivity contribution >= 4 is 11.9 Å². The predicted octanol–water partition coefficient (Wildman–Crippen LogP) is 0.841. The largest absolute Gasteiger partial charge is 0.464 e. The van der Waals surface area contributed by atoms with Crippen LogP contribution in [0, 0.1) is 0 Å². The van der Waals surface area contributed by atoms with Crippen molar-refractivity contribution in [2.75, 3.05) is 44.0 Å².